The molecule has 0 aliphatic carbocycles. The van der Waals surface area contributed by atoms with Gasteiger partial charge in [0.15, 0.2) is 11.6 Å². The van der Waals surface area contributed by atoms with Crippen molar-refractivity contribution in [1.82, 2.24) is 0 Å². The Bertz CT molecular complexity index is 1640. The number of para-hydroxylation sites is 2. The van der Waals surface area contributed by atoms with Crippen molar-refractivity contribution in [3.8, 4) is 0 Å². The molecule has 5 nitrogen and oxygen atoms in total. The Morgan fingerprint density at radius 2 is 1.61 bits per heavy atom. The van der Waals surface area contributed by atoms with Crippen LogP contribution in [0.5, 0.6) is 0 Å². The molecule has 3 aliphatic rings. The Balaban J connectivity index is 1.57. The highest BCUT2D eigenvalue weighted by Crippen LogP contribution is 2.58. The second-order valence-corrected chi connectivity index (χ2v) is 11.0. The SMILES string of the molecule is CC1=C[C@@H]2N(c3ccccc31)[C@H](C(=O)c1cccs1)[C@@H](C(=O)c1ccccc1)[C@]21C(=O)Nc2ccccc21. The Hall–Kier alpha value is -4.29. The van der Waals surface area contributed by atoms with E-state index in [0.29, 0.717) is 16.1 Å². The third kappa shape index (κ3) is 2.95. The van der Waals surface area contributed by atoms with Crippen molar-refractivity contribution in [1.29, 1.82) is 0 Å². The molecule has 6 heteroatoms. The van der Waals surface area contributed by atoms with Gasteiger partial charge in [0.1, 0.15) is 11.5 Å². The fourth-order valence-electron chi connectivity index (χ4n) is 6.73. The maximum Gasteiger partial charge on any atom is 0.238 e. The fraction of sp³-hybridized carbons (Fsp3) is 0.156. The van der Waals surface area contributed by atoms with E-state index >= 15 is 0 Å². The number of hydrogen-bond acceptors (Lipinski definition) is 5. The van der Waals surface area contributed by atoms with Crippen LogP contribution in [-0.2, 0) is 10.2 Å². The number of hydrogen-bond donors (Lipinski definition) is 1. The molecule has 1 aromatic heterocycles. The number of benzene rings is 3. The van der Waals surface area contributed by atoms with Crippen LogP contribution in [0.2, 0.25) is 0 Å². The molecule has 0 radical (unpaired) electrons. The van der Waals surface area contributed by atoms with Crippen LogP contribution < -0.4 is 10.2 Å². The summed E-state index contributed by atoms with van der Waals surface area (Å²) in [6.07, 6.45) is 2.08. The maximum absolute atomic E-state index is 14.6. The molecule has 3 aromatic carbocycles. The number of rotatable bonds is 4. The van der Waals surface area contributed by atoms with Gasteiger partial charge in [0.05, 0.1) is 16.8 Å². The molecule has 4 heterocycles. The van der Waals surface area contributed by atoms with Gasteiger partial charge < -0.3 is 10.2 Å². The van der Waals surface area contributed by atoms with E-state index in [1.165, 1.54) is 11.3 Å². The van der Waals surface area contributed by atoms with Crippen LogP contribution in [-0.4, -0.2) is 29.6 Å². The molecule has 4 atom stereocenters. The standard InChI is InChI=1S/C32H24N2O3S/c1-19-18-26-32(22-13-6-7-14-23(22)33-31(32)37)27(29(35)20-10-3-2-4-11-20)28(30(36)25-16-9-17-38-25)34(26)24-15-8-5-12-21(19)24/h2-18,26-28H,1H3,(H,33,37)/t26-,27-,28-,32+/m0/s1. The lowest BCUT2D eigenvalue weighted by Crippen LogP contribution is -2.51. The first-order valence-electron chi connectivity index (χ1n) is 12.7. The molecule has 0 unspecified atom stereocenters. The Morgan fingerprint density at radius 3 is 2.39 bits per heavy atom. The van der Waals surface area contributed by atoms with E-state index in [1.54, 1.807) is 18.2 Å². The number of ketones is 2. The van der Waals surface area contributed by atoms with Crippen LogP contribution in [0.3, 0.4) is 0 Å². The number of fused-ring (bicyclic) bond motifs is 6. The van der Waals surface area contributed by atoms with Gasteiger partial charge in [0.2, 0.25) is 5.91 Å². The van der Waals surface area contributed by atoms with Gasteiger partial charge in [-0.05, 0) is 41.6 Å². The minimum atomic E-state index is -1.28. The van der Waals surface area contributed by atoms with Crippen LogP contribution >= 0.6 is 11.3 Å². The summed E-state index contributed by atoms with van der Waals surface area (Å²) < 4.78 is 0. The summed E-state index contributed by atoms with van der Waals surface area (Å²) in [7, 11) is 0. The summed E-state index contributed by atoms with van der Waals surface area (Å²) in [6.45, 7) is 2.03. The Labute approximate surface area is 224 Å². The molecule has 0 bridgehead atoms. The summed E-state index contributed by atoms with van der Waals surface area (Å²) >= 11 is 1.36. The van der Waals surface area contributed by atoms with Crippen molar-refractivity contribution in [2.75, 3.05) is 10.2 Å². The van der Waals surface area contributed by atoms with Gasteiger partial charge in [-0.2, -0.15) is 0 Å². The predicted octanol–water partition coefficient (Wildman–Crippen LogP) is 5.99. The van der Waals surface area contributed by atoms with E-state index in [-0.39, 0.29) is 17.5 Å². The molecule has 186 valence electrons. The molecule has 38 heavy (non-hydrogen) atoms. The van der Waals surface area contributed by atoms with Crippen LogP contribution in [0, 0.1) is 5.92 Å². The molecule has 4 aromatic rings. The Morgan fingerprint density at radius 1 is 0.868 bits per heavy atom. The van der Waals surface area contributed by atoms with Crippen molar-refractivity contribution < 1.29 is 14.4 Å². The smallest absolute Gasteiger partial charge is 0.238 e. The molecule has 1 amide bonds. The molecular formula is C32H24N2O3S. The van der Waals surface area contributed by atoms with Crippen molar-refractivity contribution >= 4 is 45.8 Å². The van der Waals surface area contributed by atoms with Crippen LogP contribution in [0.4, 0.5) is 11.4 Å². The number of carbonyl (C=O) groups is 3. The van der Waals surface area contributed by atoms with Gasteiger partial charge in [0, 0.05) is 22.5 Å². The second-order valence-electron chi connectivity index (χ2n) is 10.1. The van der Waals surface area contributed by atoms with E-state index < -0.39 is 23.4 Å². The first kappa shape index (κ1) is 22.9. The highest BCUT2D eigenvalue weighted by molar-refractivity contribution is 7.12. The first-order chi connectivity index (χ1) is 18.5. The van der Waals surface area contributed by atoms with E-state index in [2.05, 4.69) is 16.3 Å². The quantitative estimate of drug-likeness (QED) is 0.338. The molecule has 1 saturated heterocycles. The number of amides is 1. The second kappa shape index (κ2) is 8.36. The molecule has 7 rings (SSSR count). The molecule has 1 fully saturated rings. The number of Topliss-reactive ketones (excluding diaryl/α,β-unsaturated/α-hetero) is 2. The summed E-state index contributed by atoms with van der Waals surface area (Å²) in [5.41, 5.74) is 3.56. The first-order valence-corrected chi connectivity index (χ1v) is 13.6. The summed E-state index contributed by atoms with van der Waals surface area (Å²) in [5.74, 6) is -1.53. The van der Waals surface area contributed by atoms with E-state index in [9.17, 15) is 14.4 Å². The van der Waals surface area contributed by atoms with Gasteiger partial charge in [-0.1, -0.05) is 78.9 Å². The van der Waals surface area contributed by atoms with E-state index in [4.69, 9.17) is 0 Å². The molecule has 1 spiro atoms. The zero-order valence-corrected chi connectivity index (χ0v) is 21.4. The van der Waals surface area contributed by atoms with Gasteiger partial charge in [-0.25, -0.2) is 0 Å². The van der Waals surface area contributed by atoms with Gasteiger partial charge in [-0.15, -0.1) is 11.3 Å². The maximum atomic E-state index is 14.6. The molecular weight excluding hydrogens is 492 g/mol. The largest absolute Gasteiger partial charge is 0.352 e. The normalized spacial score (nSPS) is 24.9. The zero-order chi connectivity index (χ0) is 26.0. The van der Waals surface area contributed by atoms with Crippen molar-refractivity contribution in [2.45, 2.75) is 24.4 Å². The Kier molecular flexibility index (Phi) is 5.03. The minimum Gasteiger partial charge on any atom is -0.352 e. The van der Waals surface area contributed by atoms with Crippen LogP contribution in [0.25, 0.3) is 5.57 Å². The fourth-order valence-corrected chi connectivity index (χ4v) is 7.43. The van der Waals surface area contributed by atoms with Gasteiger partial charge >= 0.3 is 0 Å². The van der Waals surface area contributed by atoms with E-state index in [0.717, 1.165) is 22.4 Å². The summed E-state index contributed by atoms with van der Waals surface area (Å²) in [4.78, 5) is 46.0. The summed E-state index contributed by atoms with van der Waals surface area (Å²) in [6, 6.07) is 26.8. The average Bonchev–Trinajstić information content (AvgIpc) is 3.66. The zero-order valence-electron chi connectivity index (χ0n) is 20.6. The van der Waals surface area contributed by atoms with E-state index in [1.807, 2.05) is 85.1 Å². The molecule has 0 saturated carbocycles. The van der Waals surface area contributed by atoms with Crippen LogP contribution in [0.1, 0.15) is 38.1 Å². The lowest BCUT2D eigenvalue weighted by molar-refractivity contribution is -0.121. The minimum absolute atomic E-state index is 0.143. The number of carbonyl (C=O) groups excluding carboxylic acids is 3. The third-order valence-electron chi connectivity index (χ3n) is 8.26. The molecule has 1 N–H and O–H groups in total. The third-order valence-corrected chi connectivity index (χ3v) is 9.14. The number of anilines is 2. The van der Waals surface area contributed by atoms with Crippen molar-refractivity contribution in [2.24, 2.45) is 5.92 Å². The van der Waals surface area contributed by atoms with Crippen molar-refractivity contribution in [3.63, 3.8) is 0 Å². The average molecular weight is 517 g/mol. The predicted molar refractivity (Wildman–Crippen MR) is 150 cm³/mol. The van der Waals surface area contributed by atoms with Gasteiger partial charge in [0.25, 0.3) is 0 Å². The molecule has 3 aliphatic heterocycles. The number of allylic oxidation sites excluding steroid dienone is 1. The lowest BCUT2D eigenvalue weighted by Gasteiger charge is -2.39. The number of thiophene rings is 1. The monoisotopic (exact) mass is 516 g/mol. The number of nitrogens with one attached hydrogen (secondary N) is 1. The van der Waals surface area contributed by atoms with Crippen molar-refractivity contribution in [3.05, 3.63) is 124 Å². The topological polar surface area (TPSA) is 66.5 Å². The lowest BCUT2D eigenvalue weighted by atomic mass is 9.64. The number of nitrogens with zero attached hydrogens (tertiary/aromatic N) is 1. The summed E-state index contributed by atoms with van der Waals surface area (Å²) in [5, 5.41) is 4.95. The van der Waals surface area contributed by atoms with Crippen LogP contribution in [0.15, 0.2) is 102 Å². The highest BCUT2D eigenvalue weighted by atomic mass is 32.1. The highest BCUT2D eigenvalue weighted by Gasteiger charge is 2.70. The van der Waals surface area contributed by atoms with Gasteiger partial charge in [-0.3, -0.25) is 14.4 Å².